The monoisotopic (exact) mass is 277 g/mol. The van der Waals surface area contributed by atoms with Crippen molar-refractivity contribution < 1.29 is 14.5 Å². The van der Waals surface area contributed by atoms with Gasteiger partial charge in [-0.1, -0.05) is 0 Å². The second-order valence-electron chi connectivity index (χ2n) is 5.08. The van der Waals surface area contributed by atoms with E-state index in [1.807, 2.05) is 0 Å². The van der Waals surface area contributed by atoms with Gasteiger partial charge in [0, 0.05) is 36.5 Å². The first-order valence-electron chi connectivity index (χ1n) is 6.17. The second kappa shape index (κ2) is 4.92. The predicted molar refractivity (Wildman–Crippen MR) is 72.9 cm³/mol. The number of nitro groups is 1. The lowest BCUT2D eigenvalue weighted by Crippen LogP contribution is -2.62. The molecule has 0 saturated carbocycles. The molecule has 0 spiro atoms. The number of hydrogen-bond donors (Lipinski definition) is 1. The summed E-state index contributed by atoms with van der Waals surface area (Å²) in [5.41, 5.74) is -0.214. The molecule has 1 aliphatic heterocycles. The molecule has 1 amide bonds. The van der Waals surface area contributed by atoms with Crippen molar-refractivity contribution in [2.75, 3.05) is 18.0 Å². The van der Waals surface area contributed by atoms with Crippen LogP contribution in [0.5, 0.6) is 0 Å². The molecule has 1 aliphatic rings. The number of non-ortho nitro benzene ring substituents is 1. The van der Waals surface area contributed by atoms with Crippen molar-refractivity contribution in [1.82, 2.24) is 5.32 Å². The molecule has 106 valence electrons. The molecule has 0 radical (unpaired) electrons. The lowest BCUT2D eigenvalue weighted by Gasteiger charge is -2.43. The third-order valence-corrected chi connectivity index (χ3v) is 3.49. The number of hydrogen-bond acceptors (Lipinski definition) is 5. The summed E-state index contributed by atoms with van der Waals surface area (Å²) < 4.78 is 0. The van der Waals surface area contributed by atoms with Crippen LogP contribution in [0, 0.1) is 10.1 Å². The van der Waals surface area contributed by atoms with Crippen LogP contribution < -0.4 is 10.2 Å². The van der Waals surface area contributed by atoms with Gasteiger partial charge >= 0.3 is 0 Å². The van der Waals surface area contributed by atoms with Crippen LogP contribution in [-0.2, 0) is 4.79 Å². The minimum atomic E-state index is -0.813. The van der Waals surface area contributed by atoms with Gasteiger partial charge in [0.25, 0.3) is 5.69 Å². The van der Waals surface area contributed by atoms with E-state index in [1.54, 1.807) is 18.7 Å². The van der Waals surface area contributed by atoms with E-state index in [4.69, 9.17) is 0 Å². The zero-order chi connectivity index (χ0) is 14.9. The van der Waals surface area contributed by atoms with Gasteiger partial charge in [-0.15, -0.1) is 0 Å². The van der Waals surface area contributed by atoms with Gasteiger partial charge in [0.15, 0.2) is 6.29 Å². The van der Waals surface area contributed by atoms with Crippen molar-refractivity contribution in [2.45, 2.75) is 19.4 Å². The molecule has 1 saturated heterocycles. The summed E-state index contributed by atoms with van der Waals surface area (Å²) in [6, 6.07) is 4.08. The summed E-state index contributed by atoms with van der Waals surface area (Å²) in [5.74, 6) is -0.140. The van der Waals surface area contributed by atoms with Crippen molar-refractivity contribution in [3.8, 4) is 0 Å². The Hall–Kier alpha value is -2.44. The summed E-state index contributed by atoms with van der Waals surface area (Å²) in [7, 11) is 0. The van der Waals surface area contributed by atoms with Crippen LogP contribution in [0.1, 0.15) is 24.2 Å². The Balaban J connectivity index is 2.49. The molecule has 0 bridgehead atoms. The van der Waals surface area contributed by atoms with E-state index < -0.39 is 10.5 Å². The summed E-state index contributed by atoms with van der Waals surface area (Å²) in [4.78, 5) is 35.1. The van der Waals surface area contributed by atoms with Crippen LogP contribution in [0.25, 0.3) is 0 Å². The van der Waals surface area contributed by atoms with Crippen molar-refractivity contribution in [2.24, 2.45) is 0 Å². The average Bonchev–Trinajstić information content (AvgIpc) is 2.41. The van der Waals surface area contributed by atoms with E-state index in [0.29, 0.717) is 25.1 Å². The maximum atomic E-state index is 11.9. The number of piperazine rings is 1. The SMILES string of the molecule is CC1(C)C(=O)NCCN1c1ccc([N+](=O)[O-])cc1C=O. The normalized spacial score (nSPS) is 17.5. The van der Waals surface area contributed by atoms with Gasteiger partial charge in [-0.2, -0.15) is 0 Å². The van der Waals surface area contributed by atoms with Crippen LogP contribution in [0.3, 0.4) is 0 Å². The fraction of sp³-hybridized carbons (Fsp3) is 0.385. The van der Waals surface area contributed by atoms with E-state index >= 15 is 0 Å². The minimum Gasteiger partial charge on any atom is -0.355 e. The minimum absolute atomic E-state index is 0.140. The number of nitrogens with one attached hydrogen (secondary N) is 1. The molecule has 0 aliphatic carbocycles. The molecule has 0 atom stereocenters. The standard InChI is InChI=1S/C13H15N3O4/c1-13(2)12(18)14-5-6-15(13)11-4-3-10(16(19)20)7-9(11)8-17/h3-4,7-8H,5-6H2,1-2H3,(H,14,18). The van der Waals surface area contributed by atoms with Gasteiger partial charge in [-0.05, 0) is 19.9 Å². The van der Waals surface area contributed by atoms with Gasteiger partial charge in [0.05, 0.1) is 4.92 Å². The summed E-state index contributed by atoms with van der Waals surface area (Å²) >= 11 is 0. The van der Waals surface area contributed by atoms with Crippen LogP contribution in [0.2, 0.25) is 0 Å². The first-order chi connectivity index (χ1) is 9.37. The highest BCUT2D eigenvalue weighted by atomic mass is 16.6. The molecule has 7 heteroatoms. The summed E-state index contributed by atoms with van der Waals surface area (Å²) in [6.45, 7) is 4.50. The number of rotatable bonds is 3. The van der Waals surface area contributed by atoms with E-state index in [-0.39, 0.29) is 17.2 Å². The number of anilines is 1. The number of aldehydes is 1. The molecular weight excluding hydrogens is 262 g/mol. The summed E-state index contributed by atoms with van der Waals surface area (Å²) in [6.07, 6.45) is 0.574. The number of benzene rings is 1. The molecular formula is C13H15N3O4. The third-order valence-electron chi connectivity index (χ3n) is 3.49. The Labute approximate surface area is 115 Å². The van der Waals surface area contributed by atoms with Gasteiger partial charge in [0.2, 0.25) is 5.91 Å². The quantitative estimate of drug-likeness (QED) is 0.507. The first-order valence-corrected chi connectivity index (χ1v) is 6.17. The van der Waals surface area contributed by atoms with E-state index in [2.05, 4.69) is 5.32 Å². The fourth-order valence-corrected chi connectivity index (χ4v) is 2.32. The van der Waals surface area contributed by atoms with Gasteiger partial charge in [-0.3, -0.25) is 19.7 Å². The maximum Gasteiger partial charge on any atom is 0.270 e. The van der Waals surface area contributed by atoms with Crippen LogP contribution >= 0.6 is 0 Å². The first kappa shape index (κ1) is 14.0. The molecule has 1 aromatic carbocycles. The molecule has 20 heavy (non-hydrogen) atoms. The number of carbonyl (C=O) groups excluding carboxylic acids is 2. The van der Waals surface area contributed by atoms with Crippen LogP contribution in [-0.4, -0.2) is 35.7 Å². The van der Waals surface area contributed by atoms with Crippen LogP contribution in [0.15, 0.2) is 18.2 Å². The Morgan fingerprint density at radius 1 is 1.45 bits per heavy atom. The Bertz CT molecular complexity index is 583. The maximum absolute atomic E-state index is 11.9. The zero-order valence-electron chi connectivity index (χ0n) is 11.3. The molecule has 0 unspecified atom stereocenters. The van der Waals surface area contributed by atoms with Crippen LogP contribution in [0.4, 0.5) is 11.4 Å². The third kappa shape index (κ3) is 2.22. The lowest BCUT2D eigenvalue weighted by molar-refractivity contribution is -0.384. The number of amides is 1. The fourth-order valence-electron chi connectivity index (χ4n) is 2.32. The smallest absolute Gasteiger partial charge is 0.270 e. The van der Waals surface area contributed by atoms with E-state index in [9.17, 15) is 19.7 Å². The zero-order valence-corrected chi connectivity index (χ0v) is 11.3. The van der Waals surface area contributed by atoms with Gasteiger partial charge in [0.1, 0.15) is 5.54 Å². The predicted octanol–water partition coefficient (Wildman–Crippen LogP) is 1.12. The van der Waals surface area contributed by atoms with E-state index in [0.717, 1.165) is 0 Å². The Kier molecular flexibility index (Phi) is 3.44. The average molecular weight is 277 g/mol. The number of carbonyl (C=O) groups is 2. The molecule has 7 nitrogen and oxygen atoms in total. The Morgan fingerprint density at radius 3 is 2.75 bits per heavy atom. The van der Waals surface area contributed by atoms with E-state index in [1.165, 1.54) is 18.2 Å². The summed E-state index contributed by atoms with van der Waals surface area (Å²) in [5, 5.41) is 13.5. The molecule has 1 fully saturated rings. The van der Waals surface area contributed by atoms with Crippen molar-refractivity contribution >= 4 is 23.6 Å². The van der Waals surface area contributed by atoms with Crippen molar-refractivity contribution in [3.05, 3.63) is 33.9 Å². The second-order valence-corrected chi connectivity index (χ2v) is 5.08. The number of nitrogens with zero attached hydrogens (tertiary/aromatic N) is 2. The molecule has 1 N–H and O–H groups in total. The Morgan fingerprint density at radius 2 is 2.15 bits per heavy atom. The van der Waals surface area contributed by atoms with Crippen molar-refractivity contribution in [3.63, 3.8) is 0 Å². The molecule has 1 heterocycles. The largest absolute Gasteiger partial charge is 0.355 e. The van der Waals surface area contributed by atoms with Gasteiger partial charge < -0.3 is 10.2 Å². The molecule has 0 aromatic heterocycles. The lowest BCUT2D eigenvalue weighted by atomic mass is 9.96. The van der Waals surface area contributed by atoms with Crippen molar-refractivity contribution in [1.29, 1.82) is 0 Å². The highest BCUT2D eigenvalue weighted by Gasteiger charge is 2.38. The van der Waals surface area contributed by atoms with Gasteiger partial charge in [-0.25, -0.2) is 0 Å². The topological polar surface area (TPSA) is 92.6 Å². The highest BCUT2D eigenvalue weighted by Crippen LogP contribution is 2.30. The number of nitro benzene ring substituents is 1. The molecule has 2 rings (SSSR count). The molecule has 1 aromatic rings. The highest BCUT2D eigenvalue weighted by molar-refractivity contribution is 5.93.